The number of rotatable bonds is 8. The molecule has 0 atom stereocenters. The Balaban J connectivity index is 0.917. The Labute approximate surface area is 418 Å². The minimum Gasteiger partial charge on any atom is -0.456 e. The first-order chi connectivity index (χ1) is 35.5. The van der Waals surface area contributed by atoms with E-state index in [1.807, 2.05) is 12.1 Å². The summed E-state index contributed by atoms with van der Waals surface area (Å²) in [5, 5.41) is 4.36. The molecule has 0 saturated heterocycles. The van der Waals surface area contributed by atoms with E-state index in [-0.39, 0.29) is 5.41 Å². The van der Waals surface area contributed by atoms with Crippen molar-refractivity contribution < 1.29 is 8.83 Å². The molecule has 13 aromatic rings. The molecule has 3 heteroatoms. The quantitative estimate of drug-likeness (QED) is 0.152. The Hall–Kier alpha value is -9.18. The molecule has 340 valence electrons. The SMILES string of the molecule is CC1(C)c2ccccc2-c2cccc(-c3ccc(N(c4ccc(-c5ccc(-c6ccccc6)cc5)cc4)c4ccc(-c5cccc(-c6cccc7oc8ccccc8c67)c5)c5oc6ccccc6c45)cc3)c21. The zero-order valence-corrected chi connectivity index (χ0v) is 39.9. The third-order valence-electron chi connectivity index (χ3n) is 15.1. The fourth-order valence-corrected chi connectivity index (χ4v) is 11.7. The van der Waals surface area contributed by atoms with Crippen molar-refractivity contribution in [3.63, 3.8) is 0 Å². The zero-order chi connectivity index (χ0) is 47.9. The van der Waals surface area contributed by atoms with Crippen LogP contribution in [0.2, 0.25) is 0 Å². The van der Waals surface area contributed by atoms with Crippen molar-refractivity contribution in [1.82, 2.24) is 0 Å². The zero-order valence-electron chi connectivity index (χ0n) is 39.9. The van der Waals surface area contributed by atoms with Crippen molar-refractivity contribution in [3.05, 3.63) is 260 Å². The molecule has 0 N–H and O–H groups in total. The fraction of sp³-hybridized carbons (Fsp3) is 0.0435. The van der Waals surface area contributed by atoms with Crippen molar-refractivity contribution in [2.24, 2.45) is 0 Å². The number of fused-ring (bicyclic) bond motifs is 9. The molecule has 11 aromatic carbocycles. The molecule has 0 aliphatic heterocycles. The first-order valence-corrected chi connectivity index (χ1v) is 24.8. The summed E-state index contributed by atoms with van der Waals surface area (Å²) >= 11 is 0. The molecule has 72 heavy (non-hydrogen) atoms. The molecule has 14 rings (SSSR count). The van der Waals surface area contributed by atoms with Gasteiger partial charge in [-0.15, -0.1) is 0 Å². The lowest BCUT2D eigenvalue weighted by atomic mass is 9.79. The molecule has 1 aliphatic rings. The Morgan fingerprint density at radius 1 is 0.319 bits per heavy atom. The predicted octanol–water partition coefficient (Wildman–Crippen LogP) is 19.6. The Bertz CT molecular complexity index is 4210. The standard InChI is InChI=1S/C69H47NO2/c1-69(2)60-25-9-6-19-56(60)57-24-13-23-54(67(57)69)48-35-39-52(40-36-48)70(51-37-33-47(34-38-51)46-31-29-45(30-32-46)44-15-4-3-5-16-44)61-42-41-55(68-66(61)59-21-8-11-27-63(59)72-68)50-18-12-17-49(43-50)53-22-14-28-64-65(53)58-20-7-10-26-62(58)71-64/h3-43H,1-2H3. The van der Waals surface area contributed by atoms with Gasteiger partial charge in [0.15, 0.2) is 0 Å². The van der Waals surface area contributed by atoms with Crippen LogP contribution in [0.3, 0.4) is 0 Å². The van der Waals surface area contributed by atoms with E-state index in [0.717, 1.165) is 88.8 Å². The summed E-state index contributed by atoms with van der Waals surface area (Å²) in [6, 6.07) is 89.7. The van der Waals surface area contributed by atoms with Crippen LogP contribution in [-0.4, -0.2) is 0 Å². The van der Waals surface area contributed by atoms with Crippen LogP contribution in [0, 0.1) is 0 Å². The van der Waals surface area contributed by atoms with Gasteiger partial charge in [-0.3, -0.25) is 0 Å². The molecule has 3 nitrogen and oxygen atoms in total. The maximum atomic E-state index is 7.00. The average molecular weight is 922 g/mol. The number of hydrogen-bond acceptors (Lipinski definition) is 3. The highest BCUT2D eigenvalue weighted by molar-refractivity contribution is 6.18. The van der Waals surface area contributed by atoms with Crippen molar-refractivity contribution in [2.45, 2.75) is 19.3 Å². The molecule has 2 aromatic heterocycles. The Kier molecular flexibility index (Phi) is 9.56. The number of benzene rings is 11. The number of nitrogens with zero attached hydrogens (tertiary/aromatic N) is 1. The molecule has 0 spiro atoms. The van der Waals surface area contributed by atoms with Gasteiger partial charge in [-0.25, -0.2) is 0 Å². The van der Waals surface area contributed by atoms with E-state index in [1.54, 1.807) is 0 Å². The van der Waals surface area contributed by atoms with Gasteiger partial charge >= 0.3 is 0 Å². The van der Waals surface area contributed by atoms with Crippen LogP contribution >= 0.6 is 0 Å². The molecular weight excluding hydrogens is 875 g/mol. The summed E-state index contributed by atoms with van der Waals surface area (Å²) in [4.78, 5) is 2.40. The minimum atomic E-state index is -0.132. The van der Waals surface area contributed by atoms with Gasteiger partial charge in [0.2, 0.25) is 0 Å². The second-order valence-electron chi connectivity index (χ2n) is 19.6. The van der Waals surface area contributed by atoms with Gasteiger partial charge in [-0.05, 0) is 133 Å². The normalized spacial score (nSPS) is 12.7. The lowest BCUT2D eigenvalue weighted by Crippen LogP contribution is -2.16. The van der Waals surface area contributed by atoms with E-state index in [0.29, 0.717) is 0 Å². The van der Waals surface area contributed by atoms with Crippen molar-refractivity contribution in [2.75, 3.05) is 4.90 Å². The number of furan rings is 2. The van der Waals surface area contributed by atoms with E-state index < -0.39 is 0 Å². The lowest BCUT2D eigenvalue weighted by molar-refractivity contribution is 0.662. The van der Waals surface area contributed by atoms with Gasteiger partial charge in [-0.2, -0.15) is 0 Å². The van der Waals surface area contributed by atoms with Gasteiger partial charge in [-0.1, -0.05) is 202 Å². The van der Waals surface area contributed by atoms with E-state index in [9.17, 15) is 0 Å². The monoisotopic (exact) mass is 921 g/mol. The fourth-order valence-electron chi connectivity index (χ4n) is 11.7. The van der Waals surface area contributed by atoms with Crippen LogP contribution in [0.1, 0.15) is 25.0 Å². The topological polar surface area (TPSA) is 29.5 Å². The largest absolute Gasteiger partial charge is 0.456 e. The van der Waals surface area contributed by atoms with Crippen LogP contribution in [0.25, 0.3) is 111 Å². The highest BCUT2D eigenvalue weighted by atomic mass is 16.3. The lowest BCUT2D eigenvalue weighted by Gasteiger charge is -2.28. The molecule has 0 saturated carbocycles. The smallest absolute Gasteiger partial charge is 0.145 e. The van der Waals surface area contributed by atoms with Crippen LogP contribution in [0.4, 0.5) is 17.1 Å². The minimum absolute atomic E-state index is 0.132. The first-order valence-electron chi connectivity index (χ1n) is 24.8. The third-order valence-corrected chi connectivity index (χ3v) is 15.1. The molecule has 0 unspecified atom stereocenters. The molecule has 2 heterocycles. The molecule has 1 aliphatic carbocycles. The Morgan fingerprint density at radius 3 is 1.53 bits per heavy atom. The molecule has 0 fully saturated rings. The van der Waals surface area contributed by atoms with Crippen molar-refractivity contribution in [1.29, 1.82) is 0 Å². The highest BCUT2D eigenvalue weighted by Crippen LogP contribution is 2.53. The highest BCUT2D eigenvalue weighted by Gasteiger charge is 2.37. The van der Waals surface area contributed by atoms with Crippen molar-refractivity contribution in [3.8, 4) is 66.8 Å². The van der Waals surface area contributed by atoms with Gasteiger partial charge in [0.25, 0.3) is 0 Å². The van der Waals surface area contributed by atoms with E-state index >= 15 is 0 Å². The number of anilines is 3. The van der Waals surface area contributed by atoms with Crippen LogP contribution < -0.4 is 4.90 Å². The first kappa shape index (κ1) is 41.8. The second-order valence-corrected chi connectivity index (χ2v) is 19.6. The van der Waals surface area contributed by atoms with Gasteiger partial charge in [0.1, 0.15) is 22.3 Å². The average Bonchev–Trinajstić information content (AvgIpc) is 4.10. The van der Waals surface area contributed by atoms with E-state index in [2.05, 4.69) is 255 Å². The maximum Gasteiger partial charge on any atom is 0.145 e. The van der Waals surface area contributed by atoms with Crippen molar-refractivity contribution >= 4 is 60.9 Å². The maximum absolute atomic E-state index is 7.00. The Morgan fingerprint density at radius 2 is 0.806 bits per heavy atom. The third kappa shape index (κ3) is 6.66. The van der Waals surface area contributed by atoms with Gasteiger partial charge in [0, 0.05) is 38.5 Å². The van der Waals surface area contributed by atoms with Gasteiger partial charge < -0.3 is 13.7 Å². The second kappa shape index (κ2) is 16.5. The van der Waals surface area contributed by atoms with Crippen LogP contribution in [0.5, 0.6) is 0 Å². The van der Waals surface area contributed by atoms with Crippen LogP contribution in [0.15, 0.2) is 258 Å². The summed E-state index contributed by atoms with van der Waals surface area (Å²) in [6.45, 7) is 4.72. The van der Waals surface area contributed by atoms with Crippen LogP contribution in [-0.2, 0) is 5.41 Å². The van der Waals surface area contributed by atoms with Gasteiger partial charge in [0.05, 0.1) is 11.1 Å². The predicted molar refractivity (Wildman–Crippen MR) is 300 cm³/mol. The molecule has 0 bridgehead atoms. The summed E-state index contributed by atoms with van der Waals surface area (Å²) < 4.78 is 13.3. The molecular formula is C69H47NO2. The number of para-hydroxylation sites is 2. The van der Waals surface area contributed by atoms with E-state index in [1.165, 1.54) is 50.1 Å². The summed E-state index contributed by atoms with van der Waals surface area (Å²) in [5.74, 6) is 0. The molecule has 0 radical (unpaired) electrons. The summed E-state index contributed by atoms with van der Waals surface area (Å²) in [6.07, 6.45) is 0. The number of hydrogen-bond donors (Lipinski definition) is 0. The summed E-state index contributed by atoms with van der Waals surface area (Å²) in [7, 11) is 0. The summed E-state index contributed by atoms with van der Waals surface area (Å²) in [5.41, 5.74) is 23.4. The molecule has 0 amide bonds. The van der Waals surface area contributed by atoms with E-state index in [4.69, 9.17) is 8.83 Å².